The summed E-state index contributed by atoms with van der Waals surface area (Å²) in [6.07, 6.45) is 1.73. The molecule has 2 aliphatic rings. The van der Waals surface area contributed by atoms with Crippen molar-refractivity contribution in [1.29, 1.82) is 0 Å². The average Bonchev–Trinajstić information content (AvgIpc) is 3.45. The molecule has 0 saturated heterocycles. The van der Waals surface area contributed by atoms with Gasteiger partial charge in [0.15, 0.2) is 0 Å². The normalized spacial score (nSPS) is 16.0. The first-order valence-corrected chi connectivity index (χ1v) is 9.31. The molecule has 0 atom stereocenters. The Balaban J connectivity index is 1.60. The van der Waals surface area contributed by atoms with Crippen LogP contribution in [-0.4, -0.2) is 28.5 Å². The summed E-state index contributed by atoms with van der Waals surface area (Å²) in [4.78, 5) is 27.1. The number of fused-ring (bicyclic) bond motifs is 1. The molecule has 1 N–H and O–H groups in total. The van der Waals surface area contributed by atoms with E-state index in [0.29, 0.717) is 17.0 Å². The first kappa shape index (κ1) is 17.0. The van der Waals surface area contributed by atoms with Crippen LogP contribution in [0, 0.1) is 11.6 Å². The van der Waals surface area contributed by atoms with Gasteiger partial charge in [0.25, 0.3) is 5.91 Å². The lowest BCUT2D eigenvalue weighted by atomic mass is 10.1. The number of hydrogen-bond donors (Lipinski definition) is 1. The lowest BCUT2D eigenvalue weighted by Crippen LogP contribution is -2.33. The second-order valence-electron chi connectivity index (χ2n) is 6.45. The summed E-state index contributed by atoms with van der Waals surface area (Å²) in [6.45, 7) is 0.0911. The molecule has 2 aromatic carbocycles. The number of anilines is 1. The van der Waals surface area contributed by atoms with E-state index < -0.39 is 11.6 Å². The molecule has 4 rings (SSSR count). The molecule has 1 fully saturated rings. The number of nitrogens with one attached hydrogen (secondary N) is 1. The van der Waals surface area contributed by atoms with Gasteiger partial charge in [0, 0.05) is 34.7 Å². The number of carbonyl (C=O) groups is 2. The van der Waals surface area contributed by atoms with E-state index in [0.717, 1.165) is 23.8 Å². The van der Waals surface area contributed by atoms with Gasteiger partial charge < -0.3 is 10.2 Å². The molecule has 1 heterocycles. The maximum Gasteiger partial charge on any atom is 0.254 e. The van der Waals surface area contributed by atoms with Gasteiger partial charge in [-0.05, 0) is 37.1 Å². The number of thioether (sulfide) groups is 1. The van der Waals surface area contributed by atoms with Crippen LogP contribution in [0.4, 0.5) is 14.5 Å². The number of benzene rings is 2. The quantitative estimate of drug-likeness (QED) is 0.885. The SMILES string of the molecule is O=C1CSc2ccc(C(=O)N(Cc3ccc(F)cc3F)C3CC3)cc2N1. The summed E-state index contributed by atoms with van der Waals surface area (Å²) < 4.78 is 27.1. The number of rotatable bonds is 4. The van der Waals surface area contributed by atoms with Gasteiger partial charge in [-0.1, -0.05) is 6.07 Å². The molecule has 26 heavy (non-hydrogen) atoms. The molecule has 7 heteroatoms. The average molecular weight is 374 g/mol. The first-order chi connectivity index (χ1) is 12.5. The van der Waals surface area contributed by atoms with E-state index >= 15 is 0 Å². The number of carbonyl (C=O) groups excluding carboxylic acids is 2. The van der Waals surface area contributed by atoms with E-state index in [1.54, 1.807) is 17.0 Å². The molecule has 1 aliphatic heterocycles. The van der Waals surface area contributed by atoms with Crippen LogP contribution in [0.15, 0.2) is 41.3 Å². The molecule has 2 aromatic rings. The zero-order valence-electron chi connectivity index (χ0n) is 13.8. The number of amides is 2. The van der Waals surface area contributed by atoms with Crippen molar-refractivity contribution in [3.05, 3.63) is 59.2 Å². The van der Waals surface area contributed by atoms with E-state index in [4.69, 9.17) is 0 Å². The molecule has 0 radical (unpaired) electrons. The summed E-state index contributed by atoms with van der Waals surface area (Å²) >= 11 is 1.43. The van der Waals surface area contributed by atoms with Crippen molar-refractivity contribution in [1.82, 2.24) is 4.90 Å². The molecule has 0 spiro atoms. The second-order valence-corrected chi connectivity index (χ2v) is 7.46. The fourth-order valence-electron chi connectivity index (χ4n) is 2.97. The van der Waals surface area contributed by atoms with Gasteiger partial charge in [0.2, 0.25) is 5.91 Å². The molecule has 0 bridgehead atoms. The smallest absolute Gasteiger partial charge is 0.254 e. The third-order valence-electron chi connectivity index (χ3n) is 4.46. The van der Waals surface area contributed by atoms with Gasteiger partial charge in [0.05, 0.1) is 11.4 Å². The predicted molar refractivity (Wildman–Crippen MR) is 95.0 cm³/mol. The van der Waals surface area contributed by atoms with E-state index in [1.807, 2.05) is 6.07 Å². The number of halogens is 2. The second kappa shape index (κ2) is 6.72. The Morgan fingerprint density at radius 2 is 2.00 bits per heavy atom. The van der Waals surface area contributed by atoms with Crippen LogP contribution in [0.1, 0.15) is 28.8 Å². The van der Waals surface area contributed by atoms with Crippen molar-refractivity contribution in [3.8, 4) is 0 Å². The minimum Gasteiger partial charge on any atom is -0.331 e. The van der Waals surface area contributed by atoms with E-state index in [9.17, 15) is 18.4 Å². The maximum absolute atomic E-state index is 14.0. The largest absolute Gasteiger partial charge is 0.331 e. The van der Waals surface area contributed by atoms with Gasteiger partial charge in [0.1, 0.15) is 11.6 Å². The van der Waals surface area contributed by atoms with Crippen molar-refractivity contribution in [2.45, 2.75) is 30.3 Å². The summed E-state index contributed by atoms with van der Waals surface area (Å²) in [7, 11) is 0. The highest BCUT2D eigenvalue weighted by Gasteiger charge is 2.34. The van der Waals surface area contributed by atoms with E-state index in [-0.39, 0.29) is 30.0 Å². The molecule has 1 aliphatic carbocycles. The molecule has 1 saturated carbocycles. The van der Waals surface area contributed by atoms with Gasteiger partial charge in [-0.3, -0.25) is 9.59 Å². The standard InChI is InChI=1S/C19H16F2N2O2S/c20-13-3-1-12(15(21)8-13)9-23(14-4-5-14)19(25)11-2-6-17-16(7-11)22-18(24)10-26-17/h1-3,6-8,14H,4-5,9-10H2,(H,22,24). The summed E-state index contributed by atoms with van der Waals surface area (Å²) in [5.41, 5.74) is 1.36. The van der Waals surface area contributed by atoms with Crippen molar-refractivity contribution >= 4 is 29.3 Å². The fraction of sp³-hybridized carbons (Fsp3) is 0.263. The Kier molecular flexibility index (Phi) is 4.40. The highest BCUT2D eigenvalue weighted by Crippen LogP contribution is 2.34. The van der Waals surface area contributed by atoms with Crippen molar-refractivity contribution in [2.24, 2.45) is 0 Å². The third-order valence-corrected chi connectivity index (χ3v) is 5.54. The van der Waals surface area contributed by atoms with Gasteiger partial charge in [-0.15, -0.1) is 11.8 Å². The Hall–Kier alpha value is -2.41. The molecule has 0 unspecified atom stereocenters. The minimum atomic E-state index is -0.655. The lowest BCUT2D eigenvalue weighted by molar-refractivity contribution is -0.113. The van der Waals surface area contributed by atoms with Gasteiger partial charge in [-0.2, -0.15) is 0 Å². The van der Waals surface area contributed by atoms with Crippen LogP contribution < -0.4 is 5.32 Å². The topological polar surface area (TPSA) is 49.4 Å². The third kappa shape index (κ3) is 3.44. The molecule has 2 amide bonds. The van der Waals surface area contributed by atoms with Gasteiger partial charge in [-0.25, -0.2) is 8.78 Å². The zero-order valence-corrected chi connectivity index (χ0v) is 14.6. The van der Waals surface area contributed by atoms with E-state index in [1.165, 1.54) is 23.9 Å². The Bertz CT molecular complexity index is 899. The summed E-state index contributed by atoms with van der Waals surface area (Å²) in [5, 5.41) is 2.77. The molecule has 0 aromatic heterocycles. The molecule has 4 nitrogen and oxygen atoms in total. The van der Waals surface area contributed by atoms with Crippen molar-refractivity contribution in [3.63, 3.8) is 0 Å². The minimum absolute atomic E-state index is 0.0620. The first-order valence-electron chi connectivity index (χ1n) is 8.33. The predicted octanol–water partition coefficient (Wildman–Crippen LogP) is 3.81. The van der Waals surface area contributed by atoms with Gasteiger partial charge >= 0.3 is 0 Å². The highest BCUT2D eigenvalue weighted by atomic mass is 32.2. The van der Waals surface area contributed by atoms with Crippen molar-refractivity contribution in [2.75, 3.05) is 11.1 Å². The molecular formula is C19H16F2N2O2S. The Morgan fingerprint density at radius 3 is 2.73 bits per heavy atom. The van der Waals surface area contributed by atoms with Crippen molar-refractivity contribution < 1.29 is 18.4 Å². The van der Waals surface area contributed by atoms with Crippen LogP contribution in [0.3, 0.4) is 0 Å². The number of nitrogens with zero attached hydrogens (tertiary/aromatic N) is 1. The maximum atomic E-state index is 14.0. The molecular weight excluding hydrogens is 358 g/mol. The summed E-state index contributed by atoms with van der Waals surface area (Å²) in [5.74, 6) is -1.25. The fourth-order valence-corrected chi connectivity index (χ4v) is 3.76. The van der Waals surface area contributed by atoms with Crippen LogP contribution in [0.25, 0.3) is 0 Å². The lowest BCUT2D eigenvalue weighted by Gasteiger charge is -2.24. The number of hydrogen-bond acceptors (Lipinski definition) is 3. The molecule has 134 valence electrons. The van der Waals surface area contributed by atoms with Crippen LogP contribution >= 0.6 is 11.8 Å². The zero-order chi connectivity index (χ0) is 18.3. The Labute approximate surface area is 153 Å². The van der Waals surface area contributed by atoms with Crippen LogP contribution in [0.5, 0.6) is 0 Å². The monoisotopic (exact) mass is 374 g/mol. The highest BCUT2D eigenvalue weighted by molar-refractivity contribution is 8.00. The van der Waals surface area contributed by atoms with E-state index in [2.05, 4.69) is 5.32 Å². The Morgan fingerprint density at radius 1 is 1.19 bits per heavy atom. The van der Waals surface area contributed by atoms with Crippen LogP contribution in [-0.2, 0) is 11.3 Å². The van der Waals surface area contributed by atoms with Crippen LogP contribution in [0.2, 0.25) is 0 Å². The summed E-state index contributed by atoms with van der Waals surface area (Å²) in [6, 6.07) is 8.66.